The van der Waals surface area contributed by atoms with Gasteiger partial charge in [-0.3, -0.25) is 4.79 Å². The van der Waals surface area contributed by atoms with Crippen molar-refractivity contribution in [3.8, 4) is 0 Å². The molecule has 0 heterocycles. The van der Waals surface area contributed by atoms with Crippen molar-refractivity contribution in [3.05, 3.63) is 30.3 Å². The summed E-state index contributed by atoms with van der Waals surface area (Å²) in [4.78, 5) is 11.7. The third kappa shape index (κ3) is 4.12. The number of benzene rings is 1. The van der Waals surface area contributed by atoms with E-state index < -0.39 is 22.0 Å². The van der Waals surface area contributed by atoms with Gasteiger partial charge in [-0.05, 0) is 24.5 Å². The van der Waals surface area contributed by atoms with E-state index in [2.05, 4.69) is 0 Å². The van der Waals surface area contributed by atoms with Crippen molar-refractivity contribution in [2.45, 2.75) is 31.2 Å². The van der Waals surface area contributed by atoms with Crippen LogP contribution in [0, 0.1) is 5.92 Å². The van der Waals surface area contributed by atoms with Crippen LogP contribution in [0.1, 0.15) is 20.3 Å². The maximum absolute atomic E-state index is 11.8. The highest BCUT2D eigenvalue weighted by atomic mass is 32.2. The van der Waals surface area contributed by atoms with Crippen molar-refractivity contribution in [2.75, 3.05) is 0 Å². The summed E-state index contributed by atoms with van der Waals surface area (Å²) in [6.07, 6.45) is 0.441. The molecule has 3 N–H and O–H groups in total. The predicted molar refractivity (Wildman–Crippen MR) is 69.2 cm³/mol. The maximum Gasteiger partial charge on any atom is 0.264 e. The summed E-state index contributed by atoms with van der Waals surface area (Å²) in [5.41, 5.74) is 5.63. The van der Waals surface area contributed by atoms with Crippen LogP contribution in [-0.4, -0.2) is 20.4 Å². The number of carbonyl (C=O) groups excluding carboxylic acids is 1. The fourth-order valence-corrected chi connectivity index (χ4v) is 2.53. The van der Waals surface area contributed by atoms with Crippen LogP contribution >= 0.6 is 0 Å². The van der Waals surface area contributed by atoms with Gasteiger partial charge in [-0.2, -0.15) is 0 Å². The first-order chi connectivity index (χ1) is 8.33. The minimum atomic E-state index is -3.82. The van der Waals surface area contributed by atoms with Crippen LogP contribution in [0.25, 0.3) is 0 Å². The molecule has 0 spiro atoms. The Morgan fingerprint density at radius 1 is 1.28 bits per heavy atom. The molecule has 0 fully saturated rings. The maximum atomic E-state index is 11.8. The summed E-state index contributed by atoms with van der Waals surface area (Å²) in [5, 5.41) is 0. The Bertz CT molecular complexity index is 497. The highest BCUT2D eigenvalue weighted by molar-refractivity contribution is 7.90. The van der Waals surface area contributed by atoms with Gasteiger partial charge in [-0.15, -0.1) is 0 Å². The Morgan fingerprint density at radius 2 is 1.83 bits per heavy atom. The lowest BCUT2D eigenvalue weighted by molar-refractivity contribution is -0.120. The molecule has 5 nitrogen and oxygen atoms in total. The molecular formula is C12H18N2O3S. The van der Waals surface area contributed by atoms with Gasteiger partial charge in [0, 0.05) is 0 Å². The van der Waals surface area contributed by atoms with Crippen molar-refractivity contribution >= 4 is 15.9 Å². The summed E-state index contributed by atoms with van der Waals surface area (Å²) in [7, 11) is -3.82. The van der Waals surface area contributed by atoms with Crippen LogP contribution in [0.5, 0.6) is 0 Å². The second-order valence-electron chi connectivity index (χ2n) is 4.52. The predicted octanol–water partition coefficient (Wildman–Crippen LogP) is 0.865. The number of amides is 1. The Hall–Kier alpha value is -1.40. The van der Waals surface area contributed by atoms with Crippen molar-refractivity contribution in [2.24, 2.45) is 11.7 Å². The second-order valence-corrected chi connectivity index (χ2v) is 6.20. The van der Waals surface area contributed by atoms with E-state index in [1.54, 1.807) is 18.2 Å². The SMILES string of the molecule is CC(C)C[C@@H](N)C(=O)NS(=O)(=O)c1ccccc1. The van der Waals surface area contributed by atoms with E-state index in [9.17, 15) is 13.2 Å². The van der Waals surface area contributed by atoms with Gasteiger partial charge >= 0.3 is 0 Å². The zero-order valence-electron chi connectivity index (χ0n) is 10.5. The fraction of sp³-hybridized carbons (Fsp3) is 0.417. The fourth-order valence-electron chi connectivity index (χ4n) is 1.48. The van der Waals surface area contributed by atoms with E-state index in [0.717, 1.165) is 0 Å². The Morgan fingerprint density at radius 3 is 2.33 bits per heavy atom. The molecule has 0 unspecified atom stereocenters. The van der Waals surface area contributed by atoms with Gasteiger partial charge in [-0.1, -0.05) is 32.0 Å². The highest BCUT2D eigenvalue weighted by Crippen LogP contribution is 2.08. The van der Waals surface area contributed by atoms with Gasteiger partial charge in [-0.25, -0.2) is 13.1 Å². The Labute approximate surface area is 107 Å². The lowest BCUT2D eigenvalue weighted by atomic mass is 10.0. The summed E-state index contributed by atoms with van der Waals surface area (Å²) in [5.74, 6) is -0.447. The van der Waals surface area contributed by atoms with E-state index in [1.165, 1.54) is 12.1 Å². The standard InChI is InChI=1S/C12H18N2O3S/c1-9(2)8-11(13)12(15)14-18(16,17)10-6-4-3-5-7-10/h3-7,9,11H,8,13H2,1-2H3,(H,14,15)/t11-/m1/s1. The molecule has 18 heavy (non-hydrogen) atoms. The van der Waals surface area contributed by atoms with E-state index in [0.29, 0.717) is 6.42 Å². The second kappa shape index (κ2) is 5.97. The molecule has 0 aliphatic carbocycles. The molecule has 0 radical (unpaired) electrons. The van der Waals surface area contributed by atoms with E-state index in [1.807, 2.05) is 18.6 Å². The average Bonchev–Trinajstić information content (AvgIpc) is 2.28. The normalized spacial score (nSPS) is 13.3. The number of rotatable bonds is 5. The molecule has 6 heteroatoms. The molecular weight excluding hydrogens is 252 g/mol. The third-order valence-corrected chi connectivity index (χ3v) is 3.71. The first-order valence-corrected chi connectivity index (χ1v) is 7.18. The zero-order valence-corrected chi connectivity index (χ0v) is 11.3. The lowest BCUT2D eigenvalue weighted by Crippen LogP contribution is -2.43. The molecule has 0 aliphatic rings. The topological polar surface area (TPSA) is 89.3 Å². The van der Waals surface area contributed by atoms with Gasteiger partial charge < -0.3 is 5.73 Å². The molecule has 1 aromatic carbocycles. The van der Waals surface area contributed by atoms with Crippen LogP contribution in [0.2, 0.25) is 0 Å². The van der Waals surface area contributed by atoms with Gasteiger partial charge in [0.25, 0.3) is 15.9 Å². The number of hydrogen-bond donors (Lipinski definition) is 2. The van der Waals surface area contributed by atoms with Crippen LogP contribution in [0.3, 0.4) is 0 Å². The van der Waals surface area contributed by atoms with E-state index in [-0.39, 0.29) is 10.8 Å². The van der Waals surface area contributed by atoms with Gasteiger partial charge in [0.05, 0.1) is 10.9 Å². The van der Waals surface area contributed by atoms with Gasteiger partial charge in [0.15, 0.2) is 0 Å². The molecule has 100 valence electrons. The monoisotopic (exact) mass is 270 g/mol. The molecule has 0 saturated carbocycles. The Balaban J connectivity index is 2.76. The quantitative estimate of drug-likeness (QED) is 0.830. The number of nitrogens with one attached hydrogen (secondary N) is 1. The molecule has 1 atom stereocenters. The number of nitrogens with two attached hydrogens (primary N) is 1. The molecule has 1 amide bonds. The van der Waals surface area contributed by atoms with Crippen LogP contribution < -0.4 is 10.5 Å². The lowest BCUT2D eigenvalue weighted by Gasteiger charge is -2.14. The summed E-state index contributed by atoms with van der Waals surface area (Å²) in [6.45, 7) is 3.83. The van der Waals surface area contributed by atoms with Crippen molar-refractivity contribution in [3.63, 3.8) is 0 Å². The average molecular weight is 270 g/mol. The summed E-state index contributed by atoms with van der Waals surface area (Å²) < 4.78 is 25.7. The first-order valence-electron chi connectivity index (χ1n) is 5.70. The first kappa shape index (κ1) is 14.7. The van der Waals surface area contributed by atoms with Crippen molar-refractivity contribution in [1.82, 2.24) is 4.72 Å². The molecule has 1 aromatic rings. The molecule has 0 saturated heterocycles. The number of sulfonamides is 1. The summed E-state index contributed by atoms with van der Waals surface area (Å²) in [6, 6.07) is 6.90. The summed E-state index contributed by atoms with van der Waals surface area (Å²) >= 11 is 0. The largest absolute Gasteiger partial charge is 0.320 e. The number of carbonyl (C=O) groups is 1. The minimum absolute atomic E-state index is 0.0510. The van der Waals surface area contributed by atoms with Crippen LogP contribution in [-0.2, 0) is 14.8 Å². The van der Waals surface area contributed by atoms with Crippen molar-refractivity contribution in [1.29, 1.82) is 0 Å². The van der Waals surface area contributed by atoms with E-state index >= 15 is 0 Å². The number of hydrogen-bond acceptors (Lipinski definition) is 4. The highest BCUT2D eigenvalue weighted by Gasteiger charge is 2.22. The van der Waals surface area contributed by atoms with Gasteiger partial charge in [0.1, 0.15) is 0 Å². The third-order valence-electron chi connectivity index (χ3n) is 2.35. The van der Waals surface area contributed by atoms with Crippen LogP contribution in [0.15, 0.2) is 35.2 Å². The van der Waals surface area contributed by atoms with Crippen LogP contribution in [0.4, 0.5) is 0 Å². The zero-order chi connectivity index (χ0) is 13.8. The molecule has 0 aliphatic heterocycles. The molecule has 0 aromatic heterocycles. The molecule has 0 bridgehead atoms. The van der Waals surface area contributed by atoms with Gasteiger partial charge in [0.2, 0.25) is 0 Å². The molecule has 1 rings (SSSR count). The van der Waals surface area contributed by atoms with E-state index in [4.69, 9.17) is 5.73 Å². The minimum Gasteiger partial charge on any atom is -0.320 e. The smallest absolute Gasteiger partial charge is 0.264 e. The van der Waals surface area contributed by atoms with Crippen molar-refractivity contribution < 1.29 is 13.2 Å². The Kier molecular flexibility index (Phi) is 4.86.